The molecule has 0 fully saturated rings. The Morgan fingerprint density at radius 3 is 1.71 bits per heavy atom. The highest BCUT2D eigenvalue weighted by atomic mass is 15.2. The fraction of sp³-hybridized carbons (Fsp3) is 0.286. The summed E-state index contributed by atoms with van der Waals surface area (Å²) >= 11 is 0. The Morgan fingerprint density at radius 2 is 1.50 bits per heavy atom. The third-order valence-corrected chi connectivity index (χ3v) is 1.38. The average Bonchev–Trinajstić information content (AvgIpc) is 2.56. The van der Waals surface area contributed by atoms with E-state index in [1.807, 2.05) is 6.20 Å². The predicted molar refractivity (Wildman–Crippen MR) is 54.8 cm³/mol. The molecule has 1 aromatic heterocycles. The number of aromatic nitrogens is 3. The molecule has 7 heteroatoms. The highest BCUT2D eigenvalue weighted by Crippen LogP contribution is 1.97. The minimum Gasteiger partial charge on any atom is -0.391 e. The van der Waals surface area contributed by atoms with Crippen LogP contribution in [0.2, 0.25) is 0 Å². The van der Waals surface area contributed by atoms with Gasteiger partial charge >= 0.3 is 0 Å². The first-order valence-corrected chi connectivity index (χ1v) is 4.09. The van der Waals surface area contributed by atoms with E-state index in [1.165, 1.54) is 6.42 Å². The maximum atomic E-state index is 5.14. The van der Waals surface area contributed by atoms with E-state index in [2.05, 4.69) is 26.3 Å². The molecule has 0 aliphatic carbocycles. The number of nitrogens with zero attached hydrogens (tertiary/aromatic N) is 3. The Bertz CT molecular complexity index is 265. The molecule has 0 spiro atoms. The number of hydrogen-bond donors (Lipinski definition) is 4. The van der Waals surface area contributed by atoms with E-state index in [0.717, 1.165) is 6.54 Å². The summed E-state index contributed by atoms with van der Waals surface area (Å²) in [6.07, 6.45) is 5.32. The van der Waals surface area contributed by atoms with E-state index in [1.54, 1.807) is 0 Å². The first-order valence-electron chi connectivity index (χ1n) is 4.09. The molecule has 0 saturated heterocycles. The molecule has 7 nitrogen and oxygen atoms in total. The fourth-order valence-electron chi connectivity index (χ4n) is 0.844. The number of hydrogen-bond acceptors (Lipinski definition) is 7. The van der Waals surface area contributed by atoms with Gasteiger partial charge in [0, 0.05) is 6.54 Å². The van der Waals surface area contributed by atoms with Gasteiger partial charge in [-0.1, -0.05) is 6.08 Å². The Hall–Kier alpha value is -2.05. The first kappa shape index (κ1) is 10.0. The van der Waals surface area contributed by atoms with Gasteiger partial charge in [0.15, 0.2) is 0 Å². The molecule has 0 aromatic carbocycles. The molecule has 0 radical (unpaired) electrons. The lowest BCUT2D eigenvalue weighted by molar-refractivity contribution is 0.917. The number of anilines is 3. The van der Waals surface area contributed by atoms with Gasteiger partial charge in [-0.3, -0.25) is 0 Å². The first-order chi connectivity index (χ1) is 6.68. The van der Waals surface area contributed by atoms with Crippen LogP contribution in [0.1, 0.15) is 6.42 Å². The van der Waals surface area contributed by atoms with Crippen molar-refractivity contribution in [2.45, 2.75) is 6.42 Å². The number of nitrogens with one attached hydrogen (secondary N) is 1. The van der Waals surface area contributed by atoms with E-state index < -0.39 is 0 Å². The molecule has 1 aromatic rings. The van der Waals surface area contributed by atoms with Crippen molar-refractivity contribution in [1.29, 1.82) is 0 Å². The summed E-state index contributed by atoms with van der Waals surface area (Å²) in [4.78, 5) is 10.5. The van der Waals surface area contributed by atoms with Gasteiger partial charge in [-0.15, -0.1) is 0 Å². The standard InChI is InChI=1S/C4H7N.C3H6N6/c1-2-4-5-3-1;4-1-7-2(5)9-3(6)8-1/h1,3,5H,2,4H2;(H6,4,5,6,7,8,9). The van der Waals surface area contributed by atoms with E-state index in [0.29, 0.717) is 0 Å². The number of rotatable bonds is 0. The third kappa shape index (κ3) is 3.57. The zero-order chi connectivity index (χ0) is 10.4. The van der Waals surface area contributed by atoms with Gasteiger partial charge in [0.25, 0.3) is 0 Å². The lowest BCUT2D eigenvalue weighted by Gasteiger charge is -1.93. The van der Waals surface area contributed by atoms with Gasteiger partial charge in [-0.2, -0.15) is 15.0 Å². The minimum absolute atomic E-state index is 0.0417. The van der Waals surface area contributed by atoms with Crippen molar-refractivity contribution in [3.63, 3.8) is 0 Å². The smallest absolute Gasteiger partial charge is 0.226 e. The van der Waals surface area contributed by atoms with Crippen molar-refractivity contribution in [3.8, 4) is 0 Å². The molecular weight excluding hydrogens is 182 g/mol. The molecule has 0 atom stereocenters. The Morgan fingerprint density at radius 1 is 1.00 bits per heavy atom. The molecule has 1 aliphatic heterocycles. The average molecular weight is 195 g/mol. The van der Waals surface area contributed by atoms with Crippen molar-refractivity contribution in [1.82, 2.24) is 20.3 Å². The summed E-state index contributed by atoms with van der Waals surface area (Å²) in [6.45, 7) is 1.14. The molecule has 0 amide bonds. The molecule has 0 bridgehead atoms. The SMILES string of the molecule is C1=CNCC1.Nc1nc(N)nc(N)n1. The van der Waals surface area contributed by atoms with Crippen molar-refractivity contribution in [3.05, 3.63) is 12.3 Å². The number of nitrogen functional groups attached to an aromatic ring is 3. The van der Waals surface area contributed by atoms with Crippen molar-refractivity contribution in [2.24, 2.45) is 0 Å². The summed E-state index contributed by atoms with van der Waals surface area (Å²) in [6, 6.07) is 0. The van der Waals surface area contributed by atoms with E-state index in [9.17, 15) is 0 Å². The normalized spacial score (nSPS) is 12.9. The Labute approximate surface area is 81.4 Å². The lowest BCUT2D eigenvalue weighted by Crippen LogP contribution is -2.05. The highest BCUT2D eigenvalue weighted by molar-refractivity contribution is 5.33. The van der Waals surface area contributed by atoms with Crippen LogP contribution in [-0.4, -0.2) is 21.5 Å². The van der Waals surface area contributed by atoms with Crippen LogP contribution in [0.25, 0.3) is 0 Å². The Balaban J connectivity index is 0.000000165. The molecule has 7 N–H and O–H groups in total. The zero-order valence-corrected chi connectivity index (χ0v) is 7.64. The van der Waals surface area contributed by atoms with E-state index >= 15 is 0 Å². The lowest BCUT2D eigenvalue weighted by atomic mass is 10.5. The molecule has 0 unspecified atom stereocenters. The summed E-state index contributed by atoms with van der Waals surface area (Å²) in [5, 5.41) is 3.04. The maximum Gasteiger partial charge on any atom is 0.226 e. The van der Waals surface area contributed by atoms with Crippen LogP contribution in [-0.2, 0) is 0 Å². The summed E-state index contributed by atoms with van der Waals surface area (Å²) in [5.41, 5.74) is 15.4. The fourth-order valence-corrected chi connectivity index (χ4v) is 0.844. The summed E-state index contributed by atoms with van der Waals surface area (Å²) in [5.74, 6) is 0.125. The van der Waals surface area contributed by atoms with E-state index in [4.69, 9.17) is 17.2 Å². The quantitative estimate of drug-likeness (QED) is 0.422. The molecule has 14 heavy (non-hydrogen) atoms. The topological polar surface area (TPSA) is 129 Å². The van der Waals surface area contributed by atoms with Crippen LogP contribution in [0, 0.1) is 0 Å². The van der Waals surface area contributed by atoms with Crippen LogP contribution in [0.15, 0.2) is 12.3 Å². The molecular formula is C7H13N7. The molecule has 2 rings (SSSR count). The monoisotopic (exact) mass is 195 g/mol. The number of nitrogens with two attached hydrogens (primary N) is 3. The van der Waals surface area contributed by atoms with Crippen molar-refractivity contribution >= 4 is 17.8 Å². The molecule has 76 valence electrons. The van der Waals surface area contributed by atoms with Crippen LogP contribution < -0.4 is 22.5 Å². The summed E-state index contributed by atoms with van der Waals surface area (Å²) in [7, 11) is 0. The highest BCUT2D eigenvalue weighted by Gasteiger charge is 1.93. The van der Waals surface area contributed by atoms with Crippen molar-refractivity contribution in [2.75, 3.05) is 23.7 Å². The summed E-state index contributed by atoms with van der Waals surface area (Å²) < 4.78 is 0. The second-order valence-corrected chi connectivity index (χ2v) is 2.56. The maximum absolute atomic E-state index is 5.14. The van der Waals surface area contributed by atoms with Crippen LogP contribution in [0.3, 0.4) is 0 Å². The van der Waals surface area contributed by atoms with Gasteiger partial charge in [0.2, 0.25) is 17.8 Å². The second kappa shape index (κ2) is 4.85. The van der Waals surface area contributed by atoms with Crippen molar-refractivity contribution < 1.29 is 0 Å². The van der Waals surface area contributed by atoms with Gasteiger partial charge in [0.05, 0.1) is 0 Å². The molecule has 0 saturated carbocycles. The van der Waals surface area contributed by atoms with Gasteiger partial charge in [-0.05, 0) is 12.6 Å². The van der Waals surface area contributed by atoms with E-state index in [-0.39, 0.29) is 17.8 Å². The second-order valence-electron chi connectivity index (χ2n) is 2.56. The van der Waals surface area contributed by atoms with Gasteiger partial charge in [0.1, 0.15) is 0 Å². The third-order valence-electron chi connectivity index (χ3n) is 1.38. The molecule has 2 heterocycles. The van der Waals surface area contributed by atoms with Crippen LogP contribution in [0.4, 0.5) is 17.8 Å². The largest absolute Gasteiger partial charge is 0.391 e. The van der Waals surface area contributed by atoms with Gasteiger partial charge in [-0.25, -0.2) is 0 Å². The zero-order valence-electron chi connectivity index (χ0n) is 7.64. The Kier molecular flexibility index (Phi) is 3.48. The predicted octanol–water partition coefficient (Wildman–Crippen LogP) is -0.888. The molecule has 1 aliphatic rings. The minimum atomic E-state index is 0.0417. The van der Waals surface area contributed by atoms with Crippen LogP contribution >= 0.6 is 0 Å². The van der Waals surface area contributed by atoms with Crippen LogP contribution in [0.5, 0.6) is 0 Å². The van der Waals surface area contributed by atoms with Gasteiger partial charge < -0.3 is 22.5 Å².